The summed E-state index contributed by atoms with van der Waals surface area (Å²) in [4.78, 5) is 0. The van der Waals surface area contributed by atoms with Crippen LogP contribution in [-0.2, 0) is 4.74 Å². The number of hydrogen-bond donors (Lipinski definition) is 0. The van der Waals surface area contributed by atoms with Crippen LogP contribution in [0.1, 0.15) is 0 Å². The number of ether oxygens (including phenoxy) is 1. The van der Waals surface area contributed by atoms with Crippen molar-refractivity contribution in [1.29, 1.82) is 0 Å². The van der Waals surface area contributed by atoms with Gasteiger partial charge in [0.15, 0.2) is 6.26 Å². The predicted molar refractivity (Wildman–Crippen MR) is 39.0 cm³/mol. The Labute approximate surface area is 60.0 Å². The van der Waals surface area contributed by atoms with Crippen LogP contribution in [0.25, 0.3) is 0 Å². The molecule has 2 rings (SSSR count). The maximum atomic E-state index is 5.17. The maximum Gasteiger partial charge on any atom is 0.162 e. The van der Waals surface area contributed by atoms with Crippen LogP contribution >= 0.6 is 0 Å². The molecule has 0 aromatic rings. The Hall–Kier alpha value is -1.24. The number of fused-ring (bicyclic) bond motifs is 1. The van der Waals surface area contributed by atoms with E-state index in [4.69, 9.17) is 4.74 Å². The van der Waals surface area contributed by atoms with Crippen LogP contribution in [0, 0.1) is 6.26 Å². The van der Waals surface area contributed by atoms with Gasteiger partial charge in [-0.3, -0.25) is 0 Å². The van der Waals surface area contributed by atoms with Crippen molar-refractivity contribution in [1.82, 2.24) is 0 Å². The molecule has 0 aromatic carbocycles. The Morgan fingerprint density at radius 2 is 2.40 bits per heavy atom. The van der Waals surface area contributed by atoms with Gasteiger partial charge in [0.25, 0.3) is 0 Å². The third kappa shape index (κ3) is 0.798. The normalized spacial score (nSPS) is 27.2. The molecule has 2 aliphatic rings. The van der Waals surface area contributed by atoms with Crippen molar-refractivity contribution in [2.24, 2.45) is 0 Å². The van der Waals surface area contributed by atoms with E-state index in [0.717, 1.165) is 0 Å². The molecular formula is C9H7O. The molecule has 1 heteroatoms. The van der Waals surface area contributed by atoms with Crippen LogP contribution in [0.2, 0.25) is 0 Å². The topological polar surface area (TPSA) is 9.23 Å². The Bertz CT molecular complexity index is 243. The highest BCUT2D eigenvalue weighted by Crippen LogP contribution is 2.17. The molecule has 1 heterocycles. The quantitative estimate of drug-likeness (QED) is 0.486. The highest BCUT2D eigenvalue weighted by Gasteiger charge is 2.12. The van der Waals surface area contributed by atoms with E-state index in [1.165, 1.54) is 5.57 Å². The van der Waals surface area contributed by atoms with Gasteiger partial charge in [-0.1, -0.05) is 24.3 Å². The molecule has 0 amide bonds. The van der Waals surface area contributed by atoms with Crippen LogP contribution in [0.3, 0.4) is 0 Å². The molecule has 1 aliphatic carbocycles. The van der Waals surface area contributed by atoms with Crippen LogP contribution in [0.4, 0.5) is 0 Å². The minimum atomic E-state index is 0.106. The molecule has 0 aromatic heterocycles. The van der Waals surface area contributed by atoms with Gasteiger partial charge in [0.2, 0.25) is 0 Å². The van der Waals surface area contributed by atoms with E-state index in [1.54, 1.807) is 6.08 Å². The van der Waals surface area contributed by atoms with Gasteiger partial charge < -0.3 is 4.74 Å². The summed E-state index contributed by atoms with van der Waals surface area (Å²) in [7, 11) is 0. The summed E-state index contributed by atoms with van der Waals surface area (Å²) in [6, 6.07) is 0. The van der Waals surface area contributed by atoms with Crippen molar-refractivity contribution in [3.05, 3.63) is 48.3 Å². The summed E-state index contributed by atoms with van der Waals surface area (Å²) in [6.07, 6.45) is 14.6. The Kier molecular flexibility index (Phi) is 1.21. The molecule has 1 nitrogen and oxygen atoms in total. The van der Waals surface area contributed by atoms with Crippen molar-refractivity contribution in [3.8, 4) is 0 Å². The second-order valence-electron chi connectivity index (χ2n) is 2.23. The lowest BCUT2D eigenvalue weighted by Gasteiger charge is -2.17. The molecule has 0 spiro atoms. The van der Waals surface area contributed by atoms with Crippen LogP contribution in [0.15, 0.2) is 42.0 Å². The van der Waals surface area contributed by atoms with Crippen LogP contribution < -0.4 is 0 Å². The molecule has 0 saturated heterocycles. The minimum Gasteiger partial charge on any atom is -0.478 e. The van der Waals surface area contributed by atoms with Gasteiger partial charge in [-0.25, -0.2) is 0 Å². The van der Waals surface area contributed by atoms with E-state index in [-0.39, 0.29) is 6.10 Å². The standard InChI is InChI=1S/C9H7O/c1-2-6-9-8(4-1)5-3-7-10-9/h1-6,9H. The van der Waals surface area contributed by atoms with E-state index in [0.29, 0.717) is 0 Å². The van der Waals surface area contributed by atoms with Crippen LogP contribution in [0.5, 0.6) is 0 Å². The number of allylic oxidation sites excluding steroid dienone is 4. The first kappa shape index (κ1) is 5.54. The van der Waals surface area contributed by atoms with Crippen molar-refractivity contribution in [3.63, 3.8) is 0 Å². The highest BCUT2D eigenvalue weighted by molar-refractivity contribution is 5.37. The van der Waals surface area contributed by atoms with Gasteiger partial charge in [0.1, 0.15) is 6.10 Å². The lowest BCUT2D eigenvalue weighted by atomic mass is 10.0. The predicted octanol–water partition coefficient (Wildman–Crippen LogP) is 1.75. The van der Waals surface area contributed by atoms with E-state index < -0.39 is 0 Å². The first-order valence-electron chi connectivity index (χ1n) is 3.26. The van der Waals surface area contributed by atoms with Crippen LogP contribution in [-0.4, -0.2) is 6.10 Å². The average Bonchev–Trinajstić information content (AvgIpc) is 2.05. The molecule has 0 N–H and O–H groups in total. The smallest absolute Gasteiger partial charge is 0.162 e. The fraction of sp³-hybridized carbons (Fsp3) is 0.111. The van der Waals surface area contributed by atoms with E-state index in [2.05, 4.69) is 6.26 Å². The van der Waals surface area contributed by atoms with Gasteiger partial charge in [-0.15, -0.1) is 0 Å². The first-order valence-corrected chi connectivity index (χ1v) is 3.26. The highest BCUT2D eigenvalue weighted by atomic mass is 16.5. The molecule has 0 saturated carbocycles. The second kappa shape index (κ2) is 2.18. The summed E-state index contributed by atoms with van der Waals surface area (Å²) in [5.41, 5.74) is 1.20. The summed E-state index contributed by atoms with van der Waals surface area (Å²) in [5.74, 6) is 0. The fourth-order valence-corrected chi connectivity index (χ4v) is 1.04. The molecule has 1 radical (unpaired) electrons. The lowest BCUT2D eigenvalue weighted by Crippen LogP contribution is -2.12. The maximum absolute atomic E-state index is 5.17. The zero-order valence-electron chi connectivity index (χ0n) is 5.45. The molecule has 10 heavy (non-hydrogen) atoms. The summed E-state index contributed by atoms with van der Waals surface area (Å²) in [6.45, 7) is 0. The molecule has 0 bridgehead atoms. The van der Waals surface area contributed by atoms with Gasteiger partial charge in [-0.2, -0.15) is 0 Å². The number of rotatable bonds is 0. The Morgan fingerprint density at radius 1 is 1.40 bits per heavy atom. The van der Waals surface area contributed by atoms with E-state index in [9.17, 15) is 0 Å². The van der Waals surface area contributed by atoms with Gasteiger partial charge >= 0.3 is 0 Å². The summed E-state index contributed by atoms with van der Waals surface area (Å²) in [5, 5.41) is 0. The third-order valence-electron chi connectivity index (χ3n) is 1.55. The zero-order valence-corrected chi connectivity index (χ0v) is 5.45. The third-order valence-corrected chi connectivity index (χ3v) is 1.55. The largest absolute Gasteiger partial charge is 0.478 e. The SMILES string of the molecule is [C]1=CC=C2C=CC=CC2O1. The van der Waals surface area contributed by atoms with Gasteiger partial charge in [-0.05, 0) is 17.7 Å². The van der Waals surface area contributed by atoms with Gasteiger partial charge in [0, 0.05) is 0 Å². The zero-order chi connectivity index (χ0) is 6.81. The van der Waals surface area contributed by atoms with E-state index in [1.807, 2.05) is 30.4 Å². The number of hydrogen-bond acceptors (Lipinski definition) is 1. The van der Waals surface area contributed by atoms with Crippen molar-refractivity contribution in [2.75, 3.05) is 0 Å². The average molecular weight is 131 g/mol. The fourth-order valence-electron chi connectivity index (χ4n) is 1.04. The van der Waals surface area contributed by atoms with Crippen molar-refractivity contribution >= 4 is 0 Å². The van der Waals surface area contributed by atoms with Gasteiger partial charge in [0.05, 0.1) is 0 Å². The Balaban J connectivity index is 2.34. The summed E-state index contributed by atoms with van der Waals surface area (Å²) >= 11 is 0. The Morgan fingerprint density at radius 3 is 3.30 bits per heavy atom. The summed E-state index contributed by atoms with van der Waals surface area (Å²) < 4.78 is 5.17. The van der Waals surface area contributed by atoms with Crippen molar-refractivity contribution < 1.29 is 4.74 Å². The molecule has 0 fully saturated rings. The van der Waals surface area contributed by atoms with Crippen molar-refractivity contribution in [2.45, 2.75) is 6.10 Å². The molecule has 1 aliphatic heterocycles. The molecule has 1 atom stereocenters. The minimum absolute atomic E-state index is 0.106. The lowest BCUT2D eigenvalue weighted by molar-refractivity contribution is 0.195. The monoisotopic (exact) mass is 131 g/mol. The second-order valence-corrected chi connectivity index (χ2v) is 2.23. The molecule has 1 unspecified atom stereocenters. The molecule has 49 valence electrons. The van der Waals surface area contributed by atoms with E-state index >= 15 is 0 Å². The first-order chi connectivity index (χ1) is 4.97. The molecular weight excluding hydrogens is 124 g/mol.